The molecule has 0 amide bonds. The van der Waals surface area contributed by atoms with Gasteiger partial charge in [-0.05, 0) is 0 Å². The van der Waals surface area contributed by atoms with Crippen LogP contribution in [0.3, 0.4) is 0 Å². The van der Waals surface area contributed by atoms with Gasteiger partial charge in [-0.2, -0.15) is 0 Å². The summed E-state index contributed by atoms with van der Waals surface area (Å²) in [6.45, 7) is 0. The largest absolute Gasteiger partial charge is 0.388 e. The third kappa shape index (κ3) is 2.62. The van der Waals surface area contributed by atoms with Gasteiger partial charge in [-0.15, -0.1) is 10.3 Å². The van der Waals surface area contributed by atoms with E-state index in [1.807, 2.05) is 0 Å². The molecule has 60 valence electrons. The van der Waals surface area contributed by atoms with E-state index in [-0.39, 0.29) is 0 Å². The molecule has 0 bridgehead atoms. The number of hydrazine groups is 2. The Hall–Kier alpha value is -0.850. The van der Waals surface area contributed by atoms with Crippen LogP contribution in [0.1, 0.15) is 0 Å². The number of hydrogen-bond acceptors (Lipinski definition) is 5. The van der Waals surface area contributed by atoms with Crippen LogP contribution in [0.2, 0.25) is 0 Å². The molecule has 0 aromatic heterocycles. The average molecular weight is 147 g/mol. The van der Waals surface area contributed by atoms with Crippen LogP contribution in [0.5, 0.6) is 0 Å². The minimum absolute atomic E-state index is 1.16. The molecule has 3 N–H and O–H groups in total. The molecule has 0 saturated heterocycles. The zero-order valence-corrected chi connectivity index (χ0v) is 6.40. The van der Waals surface area contributed by atoms with Gasteiger partial charge >= 0.3 is 0 Å². The molecule has 0 heterocycles. The molecule has 0 aliphatic heterocycles. The maximum Gasteiger partial charge on any atom is 0.109 e. The molecule has 0 rings (SSSR count). The Morgan fingerprint density at radius 1 is 1.70 bits per heavy atom. The number of nitrogens with two attached hydrogens (primary N) is 1. The van der Waals surface area contributed by atoms with Crippen LogP contribution in [-0.4, -0.2) is 37.9 Å². The summed E-state index contributed by atoms with van der Waals surface area (Å²) in [6, 6.07) is 0. The topological polar surface area (TPSA) is 66.1 Å². The summed E-state index contributed by atoms with van der Waals surface area (Å²) in [7, 11) is 4.91. The maximum atomic E-state index is 5.04. The second-order valence-corrected chi connectivity index (χ2v) is 1.42. The molecule has 0 atom stereocenters. The smallest absolute Gasteiger partial charge is 0.109 e. The number of hydroxylamine groups is 1. The van der Waals surface area contributed by atoms with E-state index in [0.717, 1.165) is 6.34 Å². The Balaban J connectivity index is 3.79. The molecular formula is C4H13N5O. The van der Waals surface area contributed by atoms with Gasteiger partial charge in [-0.3, -0.25) is 4.84 Å². The Kier molecular flexibility index (Phi) is 4.55. The van der Waals surface area contributed by atoms with Crippen LogP contribution in [-0.2, 0) is 4.84 Å². The predicted molar refractivity (Wildman–Crippen MR) is 38.4 cm³/mol. The lowest BCUT2D eigenvalue weighted by Crippen LogP contribution is -2.43. The molecule has 0 radical (unpaired) electrons. The van der Waals surface area contributed by atoms with Crippen LogP contribution < -0.4 is 11.2 Å². The van der Waals surface area contributed by atoms with Gasteiger partial charge in [0.15, 0.2) is 0 Å². The highest BCUT2D eigenvalue weighted by Crippen LogP contribution is 1.87. The summed E-state index contributed by atoms with van der Waals surface area (Å²) in [6.07, 6.45) is 1.16. The first-order valence-corrected chi connectivity index (χ1v) is 2.75. The zero-order valence-electron chi connectivity index (χ0n) is 6.40. The van der Waals surface area contributed by atoms with Crippen LogP contribution in [0.15, 0.2) is 5.10 Å². The van der Waals surface area contributed by atoms with E-state index in [9.17, 15) is 0 Å². The lowest BCUT2D eigenvalue weighted by Gasteiger charge is -2.24. The van der Waals surface area contributed by atoms with E-state index in [0.29, 0.717) is 0 Å². The minimum atomic E-state index is 1.16. The molecule has 10 heavy (non-hydrogen) atoms. The first-order valence-electron chi connectivity index (χ1n) is 2.75. The molecule has 0 spiro atoms. The van der Waals surface area contributed by atoms with E-state index in [1.54, 1.807) is 14.1 Å². The first kappa shape index (κ1) is 9.15. The van der Waals surface area contributed by atoms with Crippen molar-refractivity contribution in [2.24, 2.45) is 10.8 Å². The highest BCUT2D eigenvalue weighted by atomic mass is 16.7. The van der Waals surface area contributed by atoms with E-state index in [2.05, 4.69) is 10.5 Å². The predicted octanol–water partition coefficient (Wildman–Crippen LogP) is -1.27. The van der Waals surface area contributed by atoms with E-state index >= 15 is 0 Å². The van der Waals surface area contributed by atoms with Crippen molar-refractivity contribution in [3.05, 3.63) is 0 Å². The van der Waals surface area contributed by atoms with Gasteiger partial charge in [0.25, 0.3) is 0 Å². The van der Waals surface area contributed by atoms with Crippen molar-refractivity contribution < 1.29 is 4.84 Å². The second kappa shape index (κ2) is 4.98. The fourth-order valence-electron chi connectivity index (χ4n) is 0.412. The van der Waals surface area contributed by atoms with Crippen molar-refractivity contribution in [3.8, 4) is 0 Å². The highest BCUT2D eigenvalue weighted by Gasteiger charge is 2.01. The normalized spacial score (nSPS) is 11.2. The van der Waals surface area contributed by atoms with Crippen molar-refractivity contribution in [2.75, 3.05) is 21.2 Å². The average Bonchev–Trinajstić information content (AvgIpc) is 1.99. The van der Waals surface area contributed by atoms with Crippen LogP contribution in [0.4, 0.5) is 0 Å². The van der Waals surface area contributed by atoms with Gasteiger partial charge in [0.2, 0.25) is 0 Å². The molecule has 6 heteroatoms. The molecule has 0 aromatic carbocycles. The lowest BCUT2D eigenvalue weighted by atomic mass is 11.3. The zero-order chi connectivity index (χ0) is 7.98. The standard InChI is InChI=1S/C4H13N5O/c1-6-9(7-4-5)8(2)10-3/h4,6H,1-3H3,(H2,5,7). The first-order chi connectivity index (χ1) is 4.76. The van der Waals surface area contributed by atoms with Gasteiger partial charge in [0, 0.05) is 14.1 Å². The van der Waals surface area contributed by atoms with Gasteiger partial charge in [-0.1, -0.05) is 5.17 Å². The monoisotopic (exact) mass is 147 g/mol. The van der Waals surface area contributed by atoms with Crippen molar-refractivity contribution in [2.45, 2.75) is 0 Å². The molecule has 0 aliphatic rings. The van der Waals surface area contributed by atoms with Crippen LogP contribution >= 0.6 is 0 Å². The van der Waals surface area contributed by atoms with E-state index < -0.39 is 0 Å². The SMILES string of the molecule is CNN(N=CN)N(C)OC. The van der Waals surface area contributed by atoms with Crippen molar-refractivity contribution in [3.63, 3.8) is 0 Å². The second-order valence-electron chi connectivity index (χ2n) is 1.42. The summed E-state index contributed by atoms with van der Waals surface area (Å²) in [5.41, 5.74) is 7.75. The fourth-order valence-corrected chi connectivity index (χ4v) is 0.412. The number of nitrogens with zero attached hydrogens (tertiary/aromatic N) is 3. The molecule has 0 aliphatic carbocycles. The van der Waals surface area contributed by atoms with Crippen molar-refractivity contribution in [1.82, 2.24) is 15.8 Å². The van der Waals surface area contributed by atoms with Gasteiger partial charge in [-0.25, -0.2) is 5.43 Å². The van der Waals surface area contributed by atoms with Gasteiger partial charge < -0.3 is 5.73 Å². The summed E-state index contributed by atoms with van der Waals surface area (Å²) in [5.74, 6) is 0. The third-order valence-corrected chi connectivity index (χ3v) is 0.907. The number of hydrazone groups is 1. The summed E-state index contributed by atoms with van der Waals surface area (Å²) in [5, 5.41) is 6.40. The number of rotatable bonds is 4. The fraction of sp³-hybridized carbons (Fsp3) is 0.750. The number of nitrogens with one attached hydrogen (secondary N) is 1. The molecule has 0 unspecified atom stereocenters. The molecule has 0 saturated carbocycles. The van der Waals surface area contributed by atoms with Crippen LogP contribution in [0, 0.1) is 0 Å². The lowest BCUT2D eigenvalue weighted by molar-refractivity contribution is -0.268. The van der Waals surface area contributed by atoms with Gasteiger partial charge in [0.05, 0.1) is 7.11 Å². The molecular weight excluding hydrogens is 134 g/mol. The maximum absolute atomic E-state index is 5.04. The molecule has 0 aromatic rings. The van der Waals surface area contributed by atoms with E-state index in [4.69, 9.17) is 10.6 Å². The van der Waals surface area contributed by atoms with Crippen molar-refractivity contribution in [1.29, 1.82) is 0 Å². The third-order valence-electron chi connectivity index (χ3n) is 0.907. The minimum Gasteiger partial charge on any atom is -0.388 e. The molecule has 0 fully saturated rings. The van der Waals surface area contributed by atoms with E-state index in [1.165, 1.54) is 17.5 Å². The quantitative estimate of drug-likeness (QED) is 0.295. The van der Waals surface area contributed by atoms with Crippen molar-refractivity contribution >= 4 is 6.34 Å². The Morgan fingerprint density at radius 2 is 2.30 bits per heavy atom. The summed E-state index contributed by atoms with van der Waals surface area (Å²) < 4.78 is 0. The highest BCUT2D eigenvalue weighted by molar-refractivity contribution is 5.50. The van der Waals surface area contributed by atoms with Gasteiger partial charge in [0.1, 0.15) is 6.34 Å². The Labute approximate surface area is 60.1 Å². The summed E-state index contributed by atoms with van der Waals surface area (Å²) in [4.78, 5) is 4.78. The Bertz CT molecular complexity index is 106. The Morgan fingerprint density at radius 3 is 2.60 bits per heavy atom. The molecule has 6 nitrogen and oxygen atoms in total. The number of hydrogen-bond donors (Lipinski definition) is 2. The summed E-state index contributed by atoms with van der Waals surface area (Å²) >= 11 is 0. The van der Waals surface area contributed by atoms with Crippen LogP contribution in [0.25, 0.3) is 0 Å².